The van der Waals surface area contributed by atoms with Gasteiger partial charge in [-0.1, -0.05) is 37.6 Å². The van der Waals surface area contributed by atoms with Gasteiger partial charge in [-0.15, -0.1) is 11.3 Å². The smallest absolute Gasteiger partial charge is 0.261 e. The van der Waals surface area contributed by atoms with Crippen molar-refractivity contribution in [2.45, 2.75) is 31.6 Å². The van der Waals surface area contributed by atoms with Crippen LogP contribution in [0.4, 0.5) is 11.4 Å². The molecule has 0 spiro atoms. The maximum Gasteiger partial charge on any atom is 0.261 e. The fraction of sp³-hybridized carbons (Fsp3) is 0.190. The number of hydrogen-bond donors (Lipinski definition) is 2. The molecule has 28 heavy (non-hydrogen) atoms. The Morgan fingerprint density at radius 3 is 2.29 bits per heavy atom. The van der Waals surface area contributed by atoms with Crippen molar-refractivity contribution < 1.29 is 13.2 Å². The first kappa shape index (κ1) is 20.1. The normalized spacial score (nSPS) is 11.2. The van der Waals surface area contributed by atoms with E-state index in [1.54, 1.807) is 29.6 Å². The van der Waals surface area contributed by atoms with E-state index in [1.165, 1.54) is 18.3 Å². The number of hydrogen-bond acceptors (Lipinski definition) is 4. The first-order valence-electron chi connectivity index (χ1n) is 8.95. The van der Waals surface area contributed by atoms with Crippen LogP contribution >= 0.6 is 11.3 Å². The first-order valence-corrected chi connectivity index (χ1v) is 11.4. The highest BCUT2D eigenvalue weighted by atomic mass is 32.2. The third kappa shape index (κ3) is 4.79. The summed E-state index contributed by atoms with van der Waals surface area (Å²) >= 11 is 1.42. The molecule has 1 heterocycles. The summed E-state index contributed by atoms with van der Waals surface area (Å²) in [5.41, 5.74) is 4.02. The fourth-order valence-corrected chi connectivity index (χ4v) is 4.80. The second kappa shape index (κ2) is 8.58. The predicted octanol–water partition coefficient (Wildman–Crippen LogP) is 5.13. The Morgan fingerprint density at radius 1 is 1.00 bits per heavy atom. The molecule has 1 aromatic heterocycles. The predicted molar refractivity (Wildman–Crippen MR) is 115 cm³/mol. The first-order chi connectivity index (χ1) is 13.4. The van der Waals surface area contributed by atoms with Crippen molar-refractivity contribution in [2.24, 2.45) is 0 Å². The number of thiophene rings is 1. The van der Waals surface area contributed by atoms with Gasteiger partial charge in [-0.3, -0.25) is 9.52 Å². The van der Waals surface area contributed by atoms with Crippen molar-refractivity contribution in [3.8, 4) is 11.1 Å². The molecule has 0 radical (unpaired) electrons. The molecule has 0 saturated carbocycles. The van der Waals surface area contributed by atoms with Crippen LogP contribution in [0.15, 0.2) is 64.2 Å². The Labute approximate surface area is 169 Å². The number of sulfonamides is 1. The monoisotopic (exact) mass is 414 g/mol. The number of aryl methyl sites for hydroxylation is 1. The highest BCUT2D eigenvalue weighted by Crippen LogP contribution is 2.34. The molecule has 146 valence electrons. The van der Waals surface area contributed by atoms with E-state index in [4.69, 9.17) is 0 Å². The molecule has 7 heteroatoms. The topological polar surface area (TPSA) is 75.3 Å². The SMILES string of the molecule is CCCc1ccc(S(=O)(=O)Nc2cscc2-c2ccc(NC(C)=O)cc2)cc1. The third-order valence-electron chi connectivity index (χ3n) is 4.19. The molecule has 0 atom stereocenters. The van der Waals surface area contributed by atoms with Gasteiger partial charge in [0.2, 0.25) is 5.91 Å². The second-order valence-electron chi connectivity index (χ2n) is 6.46. The number of anilines is 2. The van der Waals surface area contributed by atoms with Crippen molar-refractivity contribution in [2.75, 3.05) is 10.0 Å². The van der Waals surface area contributed by atoms with Crippen molar-refractivity contribution in [1.82, 2.24) is 0 Å². The highest BCUT2D eigenvalue weighted by Gasteiger charge is 2.17. The third-order valence-corrected chi connectivity index (χ3v) is 6.32. The highest BCUT2D eigenvalue weighted by molar-refractivity contribution is 7.92. The molecule has 0 saturated heterocycles. The van der Waals surface area contributed by atoms with Gasteiger partial charge in [0.25, 0.3) is 10.0 Å². The number of carbonyl (C=O) groups is 1. The van der Waals surface area contributed by atoms with Crippen LogP contribution in [0.2, 0.25) is 0 Å². The molecule has 0 bridgehead atoms. The van der Waals surface area contributed by atoms with Gasteiger partial charge in [0.15, 0.2) is 0 Å². The summed E-state index contributed by atoms with van der Waals surface area (Å²) in [6.45, 7) is 3.54. The van der Waals surface area contributed by atoms with Crippen molar-refractivity contribution >= 4 is 38.6 Å². The van der Waals surface area contributed by atoms with Crippen molar-refractivity contribution in [3.05, 3.63) is 64.9 Å². The summed E-state index contributed by atoms with van der Waals surface area (Å²) in [6.07, 6.45) is 1.94. The summed E-state index contributed by atoms with van der Waals surface area (Å²) in [6, 6.07) is 14.3. The molecular weight excluding hydrogens is 392 g/mol. The molecule has 5 nitrogen and oxygen atoms in total. The van der Waals surface area contributed by atoms with Gasteiger partial charge in [0.1, 0.15) is 0 Å². The van der Waals surface area contributed by atoms with E-state index in [0.29, 0.717) is 11.4 Å². The number of nitrogens with one attached hydrogen (secondary N) is 2. The lowest BCUT2D eigenvalue weighted by Gasteiger charge is -2.10. The number of carbonyl (C=O) groups excluding carboxylic acids is 1. The van der Waals surface area contributed by atoms with Gasteiger partial charge in [-0.05, 0) is 41.8 Å². The molecule has 0 unspecified atom stereocenters. The van der Waals surface area contributed by atoms with Crippen LogP contribution in [-0.4, -0.2) is 14.3 Å². The second-order valence-corrected chi connectivity index (χ2v) is 8.88. The average Bonchev–Trinajstić information content (AvgIpc) is 3.10. The minimum atomic E-state index is -3.67. The van der Waals surface area contributed by atoms with E-state index in [1.807, 2.05) is 29.6 Å². The molecule has 0 aliphatic heterocycles. The average molecular weight is 415 g/mol. The Morgan fingerprint density at radius 2 is 1.68 bits per heavy atom. The minimum Gasteiger partial charge on any atom is -0.326 e. The molecule has 0 fully saturated rings. The lowest BCUT2D eigenvalue weighted by molar-refractivity contribution is -0.114. The maximum absolute atomic E-state index is 12.8. The van der Waals surface area contributed by atoms with Crippen LogP contribution in [0.5, 0.6) is 0 Å². The molecule has 0 aliphatic rings. The van der Waals surface area contributed by atoms with Gasteiger partial charge in [-0.2, -0.15) is 0 Å². The fourth-order valence-electron chi connectivity index (χ4n) is 2.86. The minimum absolute atomic E-state index is 0.137. The molecule has 0 aliphatic carbocycles. The molecular formula is C21H22N2O3S2. The Kier molecular flexibility index (Phi) is 6.16. The largest absolute Gasteiger partial charge is 0.326 e. The van der Waals surface area contributed by atoms with Gasteiger partial charge < -0.3 is 5.32 Å². The molecule has 1 amide bonds. The van der Waals surface area contributed by atoms with E-state index < -0.39 is 10.0 Å². The van der Waals surface area contributed by atoms with Gasteiger partial charge in [0.05, 0.1) is 10.6 Å². The van der Waals surface area contributed by atoms with Crippen molar-refractivity contribution in [3.63, 3.8) is 0 Å². The van der Waals surface area contributed by atoms with E-state index >= 15 is 0 Å². The summed E-state index contributed by atoms with van der Waals surface area (Å²) in [5, 5.41) is 6.39. The van der Waals surface area contributed by atoms with Crippen LogP contribution in [0.25, 0.3) is 11.1 Å². The summed E-state index contributed by atoms with van der Waals surface area (Å²) < 4.78 is 28.2. The van der Waals surface area contributed by atoms with Gasteiger partial charge in [-0.25, -0.2) is 8.42 Å². The zero-order chi connectivity index (χ0) is 20.1. The summed E-state index contributed by atoms with van der Waals surface area (Å²) in [7, 11) is -3.67. The number of rotatable bonds is 7. The Hall–Kier alpha value is -2.64. The number of benzene rings is 2. The lowest BCUT2D eigenvalue weighted by atomic mass is 10.1. The standard InChI is InChI=1S/C21H22N2O3S2/c1-3-4-16-5-11-19(12-6-16)28(25,26)23-21-14-27-13-20(21)17-7-9-18(10-8-17)22-15(2)24/h5-14,23H,3-4H2,1-2H3,(H,22,24). The van der Waals surface area contributed by atoms with Crippen LogP contribution in [0.3, 0.4) is 0 Å². The van der Waals surface area contributed by atoms with E-state index in [9.17, 15) is 13.2 Å². The van der Waals surface area contributed by atoms with E-state index in [2.05, 4.69) is 17.0 Å². The van der Waals surface area contributed by atoms with Gasteiger partial charge >= 0.3 is 0 Å². The van der Waals surface area contributed by atoms with Crippen LogP contribution < -0.4 is 10.0 Å². The quantitative estimate of drug-likeness (QED) is 0.563. The lowest BCUT2D eigenvalue weighted by Crippen LogP contribution is -2.13. The zero-order valence-corrected chi connectivity index (χ0v) is 17.4. The van der Waals surface area contributed by atoms with Crippen molar-refractivity contribution in [1.29, 1.82) is 0 Å². The maximum atomic E-state index is 12.8. The zero-order valence-electron chi connectivity index (χ0n) is 15.7. The summed E-state index contributed by atoms with van der Waals surface area (Å²) in [4.78, 5) is 11.4. The van der Waals surface area contributed by atoms with E-state index in [-0.39, 0.29) is 10.8 Å². The summed E-state index contributed by atoms with van der Waals surface area (Å²) in [5.74, 6) is -0.137. The van der Waals surface area contributed by atoms with Crippen LogP contribution in [0.1, 0.15) is 25.8 Å². The van der Waals surface area contributed by atoms with Gasteiger partial charge in [0, 0.05) is 28.9 Å². The van der Waals surface area contributed by atoms with Crippen LogP contribution in [-0.2, 0) is 21.2 Å². The molecule has 2 N–H and O–H groups in total. The number of amides is 1. The Balaban J connectivity index is 1.82. The van der Waals surface area contributed by atoms with E-state index in [0.717, 1.165) is 29.5 Å². The Bertz CT molecular complexity index is 1050. The molecule has 2 aromatic carbocycles. The van der Waals surface area contributed by atoms with Crippen LogP contribution in [0, 0.1) is 0 Å². The molecule has 3 rings (SSSR count). The molecule has 3 aromatic rings.